The number of carbonyl (C=O) groups is 1. The number of nitrogens with zero attached hydrogens (tertiary/aromatic N) is 4. The zero-order valence-electron chi connectivity index (χ0n) is 15.9. The van der Waals surface area contributed by atoms with Crippen LogP contribution < -0.4 is 0 Å². The van der Waals surface area contributed by atoms with E-state index >= 15 is 0 Å². The molecule has 0 bridgehead atoms. The summed E-state index contributed by atoms with van der Waals surface area (Å²) in [7, 11) is 0. The fraction of sp³-hybridized carbons (Fsp3) is 0.550. The average Bonchev–Trinajstić information content (AvgIpc) is 3.03. The summed E-state index contributed by atoms with van der Waals surface area (Å²) in [6, 6.07) is 10.3. The number of thioether (sulfide) groups is 1. The monoisotopic (exact) mass is 372 g/mol. The molecule has 1 atom stereocenters. The van der Waals surface area contributed by atoms with E-state index in [1.54, 1.807) is 0 Å². The average molecular weight is 373 g/mol. The highest BCUT2D eigenvalue weighted by atomic mass is 32.2. The molecule has 1 saturated heterocycles. The van der Waals surface area contributed by atoms with E-state index in [9.17, 15) is 4.79 Å². The van der Waals surface area contributed by atoms with Crippen molar-refractivity contribution >= 4 is 17.7 Å². The van der Waals surface area contributed by atoms with Crippen LogP contribution in [0, 0.1) is 5.92 Å². The van der Waals surface area contributed by atoms with E-state index in [0.29, 0.717) is 0 Å². The topological polar surface area (TPSA) is 51.0 Å². The van der Waals surface area contributed by atoms with Crippen molar-refractivity contribution in [1.82, 2.24) is 19.7 Å². The smallest absolute Gasteiger partial charge is 0.235 e. The summed E-state index contributed by atoms with van der Waals surface area (Å²) in [5.41, 5.74) is 1.22. The van der Waals surface area contributed by atoms with E-state index < -0.39 is 0 Å². The van der Waals surface area contributed by atoms with E-state index in [1.165, 1.54) is 17.3 Å². The van der Waals surface area contributed by atoms with Crippen LogP contribution in [0.4, 0.5) is 0 Å². The SMILES string of the molecule is CCn1c(Cc2ccccc2)nnc1SC(C)C(=O)N1CCC(C)CC1. The summed E-state index contributed by atoms with van der Waals surface area (Å²) in [5, 5.41) is 9.45. The van der Waals surface area contributed by atoms with Gasteiger partial charge in [-0.15, -0.1) is 10.2 Å². The Hall–Kier alpha value is -1.82. The Morgan fingerprint density at radius 3 is 2.58 bits per heavy atom. The third-order valence-corrected chi connectivity index (χ3v) is 6.11. The van der Waals surface area contributed by atoms with Crippen molar-refractivity contribution in [3.63, 3.8) is 0 Å². The largest absolute Gasteiger partial charge is 0.342 e. The summed E-state index contributed by atoms with van der Waals surface area (Å²) in [4.78, 5) is 14.8. The van der Waals surface area contributed by atoms with Gasteiger partial charge in [0.2, 0.25) is 5.91 Å². The molecular weight excluding hydrogens is 344 g/mol. The molecule has 1 unspecified atom stereocenters. The molecule has 1 aliphatic rings. The molecule has 6 heteroatoms. The van der Waals surface area contributed by atoms with Gasteiger partial charge >= 0.3 is 0 Å². The van der Waals surface area contributed by atoms with Crippen LogP contribution in [-0.4, -0.2) is 43.9 Å². The summed E-state index contributed by atoms with van der Waals surface area (Å²) >= 11 is 1.53. The highest BCUT2D eigenvalue weighted by Gasteiger charge is 2.26. The first-order valence-electron chi connectivity index (χ1n) is 9.50. The van der Waals surface area contributed by atoms with Gasteiger partial charge < -0.3 is 9.47 Å². The molecular formula is C20H28N4OS. The Labute approximate surface area is 160 Å². The first-order valence-corrected chi connectivity index (χ1v) is 10.4. The highest BCUT2D eigenvalue weighted by molar-refractivity contribution is 8.00. The number of benzene rings is 1. The van der Waals surface area contributed by atoms with Gasteiger partial charge in [0, 0.05) is 26.1 Å². The Kier molecular flexibility index (Phi) is 6.35. The second-order valence-corrected chi connectivity index (χ2v) is 8.38. The van der Waals surface area contributed by atoms with Gasteiger partial charge in [0.1, 0.15) is 5.82 Å². The molecule has 0 aliphatic carbocycles. The number of rotatable bonds is 6. The summed E-state index contributed by atoms with van der Waals surface area (Å²) in [5.74, 6) is 1.90. The van der Waals surface area contributed by atoms with Crippen LogP contribution in [0.3, 0.4) is 0 Å². The van der Waals surface area contributed by atoms with Gasteiger partial charge in [0.15, 0.2) is 5.16 Å². The number of aromatic nitrogens is 3. The molecule has 0 spiro atoms. The highest BCUT2D eigenvalue weighted by Crippen LogP contribution is 2.26. The van der Waals surface area contributed by atoms with Crippen molar-refractivity contribution in [2.24, 2.45) is 5.92 Å². The van der Waals surface area contributed by atoms with Crippen molar-refractivity contribution < 1.29 is 4.79 Å². The summed E-state index contributed by atoms with van der Waals surface area (Å²) in [6.07, 6.45) is 2.97. The van der Waals surface area contributed by atoms with Crippen molar-refractivity contribution in [3.8, 4) is 0 Å². The van der Waals surface area contributed by atoms with E-state index in [-0.39, 0.29) is 11.2 Å². The number of hydrogen-bond acceptors (Lipinski definition) is 4. The molecule has 1 amide bonds. The molecule has 5 nitrogen and oxygen atoms in total. The molecule has 1 fully saturated rings. The normalized spacial score (nSPS) is 16.7. The lowest BCUT2D eigenvalue weighted by Crippen LogP contribution is -2.41. The van der Waals surface area contributed by atoms with Crippen molar-refractivity contribution in [1.29, 1.82) is 0 Å². The van der Waals surface area contributed by atoms with Gasteiger partial charge in [-0.1, -0.05) is 49.0 Å². The molecule has 26 heavy (non-hydrogen) atoms. The van der Waals surface area contributed by atoms with Gasteiger partial charge in [0.25, 0.3) is 0 Å². The van der Waals surface area contributed by atoms with Crippen molar-refractivity contribution in [2.75, 3.05) is 13.1 Å². The molecule has 1 aliphatic heterocycles. The third-order valence-electron chi connectivity index (χ3n) is 5.04. The van der Waals surface area contributed by atoms with Crippen LogP contribution in [0.25, 0.3) is 0 Å². The van der Waals surface area contributed by atoms with Gasteiger partial charge in [-0.05, 0) is 38.2 Å². The van der Waals surface area contributed by atoms with Gasteiger partial charge in [-0.25, -0.2) is 0 Å². The maximum atomic E-state index is 12.8. The first kappa shape index (κ1) is 19.0. The molecule has 1 aromatic carbocycles. The van der Waals surface area contributed by atoms with E-state index in [2.05, 4.69) is 40.7 Å². The molecule has 0 radical (unpaired) electrons. The lowest BCUT2D eigenvalue weighted by Gasteiger charge is -2.31. The Morgan fingerprint density at radius 1 is 1.23 bits per heavy atom. The van der Waals surface area contributed by atoms with Gasteiger partial charge in [-0.3, -0.25) is 4.79 Å². The predicted molar refractivity (Wildman–Crippen MR) is 105 cm³/mol. The summed E-state index contributed by atoms with van der Waals surface area (Å²) < 4.78 is 2.12. The van der Waals surface area contributed by atoms with Crippen LogP contribution in [0.2, 0.25) is 0 Å². The van der Waals surface area contributed by atoms with E-state index in [1.807, 2.05) is 30.0 Å². The third kappa shape index (κ3) is 4.47. The molecule has 3 rings (SSSR count). The molecule has 2 aromatic rings. The maximum Gasteiger partial charge on any atom is 0.235 e. The lowest BCUT2D eigenvalue weighted by molar-refractivity contribution is -0.131. The minimum Gasteiger partial charge on any atom is -0.342 e. The molecule has 140 valence electrons. The zero-order valence-corrected chi connectivity index (χ0v) is 16.7. The van der Waals surface area contributed by atoms with Crippen LogP contribution >= 0.6 is 11.8 Å². The molecule has 0 N–H and O–H groups in total. The molecule has 0 saturated carbocycles. The van der Waals surface area contributed by atoms with E-state index in [0.717, 1.165) is 55.8 Å². The van der Waals surface area contributed by atoms with Crippen LogP contribution in [-0.2, 0) is 17.8 Å². The lowest BCUT2D eigenvalue weighted by atomic mass is 9.99. The Morgan fingerprint density at radius 2 is 1.92 bits per heavy atom. The standard InChI is InChI=1S/C20H28N4OS/c1-4-24-18(14-17-8-6-5-7-9-17)21-22-20(24)26-16(3)19(25)23-12-10-15(2)11-13-23/h5-9,15-16H,4,10-14H2,1-3H3. The van der Waals surface area contributed by atoms with Gasteiger partial charge in [-0.2, -0.15) is 0 Å². The van der Waals surface area contributed by atoms with Crippen LogP contribution in [0.5, 0.6) is 0 Å². The number of amides is 1. The summed E-state index contributed by atoms with van der Waals surface area (Å²) in [6.45, 7) is 8.91. The second-order valence-electron chi connectivity index (χ2n) is 7.07. The van der Waals surface area contributed by atoms with Crippen LogP contribution in [0.15, 0.2) is 35.5 Å². The van der Waals surface area contributed by atoms with Crippen molar-refractivity contribution in [2.45, 2.75) is 57.0 Å². The first-order chi connectivity index (χ1) is 12.6. The zero-order chi connectivity index (χ0) is 18.5. The minimum absolute atomic E-state index is 0.137. The Balaban J connectivity index is 1.66. The van der Waals surface area contributed by atoms with Crippen molar-refractivity contribution in [3.05, 3.63) is 41.7 Å². The number of hydrogen-bond donors (Lipinski definition) is 0. The molecule has 2 heterocycles. The van der Waals surface area contributed by atoms with Crippen LogP contribution in [0.1, 0.15) is 45.0 Å². The fourth-order valence-electron chi connectivity index (χ4n) is 3.33. The van der Waals surface area contributed by atoms with E-state index in [4.69, 9.17) is 0 Å². The maximum absolute atomic E-state index is 12.8. The molecule has 1 aromatic heterocycles. The minimum atomic E-state index is -0.137. The number of carbonyl (C=O) groups excluding carboxylic acids is 1. The number of likely N-dealkylation sites (tertiary alicyclic amines) is 1. The quantitative estimate of drug-likeness (QED) is 0.727. The second kappa shape index (κ2) is 8.71. The van der Waals surface area contributed by atoms with Gasteiger partial charge in [0.05, 0.1) is 5.25 Å². The fourth-order valence-corrected chi connectivity index (χ4v) is 4.34. The Bertz CT molecular complexity index is 723. The predicted octanol–water partition coefficient (Wildman–Crippen LogP) is 3.63. The number of piperidine rings is 1.